The van der Waals surface area contributed by atoms with Gasteiger partial charge < -0.3 is 10.2 Å². The second kappa shape index (κ2) is 8.54. The first-order valence-corrected chi connectivity index (χ1v) is 10.3. The molecule has 1 N–H and O–H groups in total. The summed E-state index contributed by atoms with van der Waals surface area (Å²) >= 11 is 1.54. The van der Waals surface area contributed by atoms with Crippen molar-refractivity contribution >= 4 is 29.0 Å². The van der Waals surface area contributed by atoms with Crippen molar-refractivity contribution in [2.24, 2.45) is 0 Å². The van der Waals surface area contributed by atoms with E-state index >= 15 is 0 Å². The van der Waals surface area contributed by atoms with Gasteiger partial charge in [0.05, 0.1) is 11.4 Å². The Morgan fingerprint density at radius 2 is 1.81 bits per heavy atom. The van der Waals surface area contributed by atoms with E-state index in [-0.39, 0.29) is 5.91 Å². The van der Waals surface area contributed by atoms with Crippen molar-refractivity contribution in [3.05, 3.63) is 41.2 Å². The molecule has 0 saturated carbocycles. The van der Waals surface area contributed by atoms with Crippen molar-refractivity contribution in [1.82, 2.24) is 9.97 Å². The second-order valence-electron chi connectivity index (χ2n) is 6.62. The fourth-order valence-corrected chi connectivity index (χ4v) is 3.88. The molecule has 0 spiro atoms. The van der Waals surface area contributed by atoms with Gasteiger partial charge in [-0.25, -0.2) is 9.97 Å². The van der Waals surface area contributed by atoms with Gasteiger partial charge >= 0.3 is 0 Å². The van der Waals surface area contributed by atoms with Gasteiger partial charge in [-0.2, -0.15) is 0 Å². The van der Waals surface area contributed by atoms with E-state index in [4.69, 9.17) is 0 Å². The third-order valence-electron chi connectivity index (χ3n) is 4.81. The number of para-hydroxylation sites is 2. The first kappa shape index (κ1) is 18.7. The van der Waals surface area contributed by atoms with Crippen LogP contribution in [0.3, 0.4) is 0 Å². The number of nitrogens with one attached hydrogen (secondary N) is 1. The number of rotatable bonds is 6. The summed E-state index contributed by atoms with van der Waals surface area (Å²) in [7, 11) is 0. The first-order valence-electron chi connectivity index (χ1n) is 9.10. The molecule has 138 valence electrons. The predicted octanol–water partition coefficient (Wildman–Crippen LogP) is 3.99. The fourth-order valence-electron chi connectivity index (χ4n) is 3.43. The molecule has 1 saturated heterocycles. The molecule has 5 nitrogen and oxygen atoms in total. The Kier molecular flexibility index (Phi) is 6.14. The van der Waals surface area contributed by atoms with Crippen molar-refractivity contribution in [2.75, 3.05) is 29.6 Å². The average Bonchev–Trinajstić information content (AvgIpc) is 3.15. The summed E-state index contributed by atoms with van der Waals surface area (Å²) in [5.41, 5.74) is 5.03. The smallest absolute Gasteiger partial charge is 0.224 e. The Balaban J connectivity index is 1.65. The van der Waals surface area contributed by atoms with Gasteiger partial charge in [-0.15, -0.1) is 0 Å². The van der Waals surface area contributed by atoms with Gasteiger partial charge in [0.2, 0.25) is 5.91 Å². The highest BCUT2D eigenvalue weighted by atomic mass is 32.2. The molecule has 1 aliphatic heterocycles. The standard InChI is InChI=1S/C20H26N4OS/c1-14-16(15(2)22-20(21-14)26-3)10-11-19(25)23-17-8-4-5-9-18(17)24-12-6-7-13-24/h4-5,8-9H,6-7,10-13H2,1-3H3,(H,23,25). The SMILES string of the molecule is CSc1nc(C)c(CCC(=O)Nc2ccccc2N2CCCC2)c(C)n1. The molecule has 0 bridgehead atoms. The topological polar surface area (TPSA) is 58.1 Å². The largest absolute Gasteiger partial charge is 0.370 e. The van der Waals surface area contributed by atoms with E-state index in [1.54, 1.807) is 0 Å². The average molecular weight is 371 g/mol. The summed E-state index contributed by atoms with van der Waals surface area (Å²) in [5.74, 6) is 0.0318. The van der Waals surface area contributed by atoms with Crippen LogP contribution in [0.4, 0.5) is 11.4 Å². The number of carbonyl (C=O) groups is 1. The van der Waals surface area contributed by atoms with E-state index in [0.29, 0.717) is 12.8 Å². The molecule has 2 aromatic rings. The molecule has 0 unspecified atom stereocenters. The highest BCUT2D eigenvalue weighted by Crippen LogP contribution is 2.28. The molecule has 1 amide bonds. The van der Waals surface area contributed by atoms with Gasteiger partial charge in [0.25, 0.3) is 0 Å². The molecular weight excluding hydrogens is 344 g/mol. The van der Waals surface area contributed by atoms with Gasteiger partial charge in [0.1, 0.15) is 0 Å². The molecule has 0 atom stereocenters. The third-order valence-corrected chi connectivity index (χ3v) is 5.36. The van der Waals surface area contributed by atoms with Crippen molar-refractivity contribution in [3.8, 4) is 0 Å². The van der Waals surface area contributed by atoms with Crippen molar-refractivity contribution in [3.63, 3.8) is 0 Å². The van der Waals surface area contributed by atoms with Crippen LogP contribution in [0.2, 0.25) is 0 Å². The zero-order chi connectivity index (χ0) is 18.5. The maximum atomic E-state index is 12.5. The van der Waals surface area contributed by atoms with E-state index in [1.807, 2.05) is 38.3 Å². The number of aryl methyl sites for hydroxylation is 2. The molecule has 6 heteroatoms. The molecule has 0 radical (unpaired) electrons. The zero-order valence-electron chi connectivity index (χ0n) is 15.7. The highest BCUT2D eigenvalue weighted by Gasteiger charge is 2.17. The Hall–Kier alpha value is -2.08. The molecule has 1 aliphatic rings. The van der Waals surface area contributed by atoms with Gasteiger partial charge in [-0.3, -0.25) is 4.79 Å². The Morgan fingerprint density at radius 1 is 1.15 bits per heavy atom. The maximum absolute atomic E-state index is 12.5. The van der Waals surface area contributed by atoms with Crippen LogP contribution in [0, 0.1) is 13.8 Å². The lowest BCUT2D eigenvalue weighted by Crippen LogP contribution is -2.21. The molecule has 3 rings (SSSR count). The highest BCUT2D eigenvalue weighted by molar-refractivity contribution is 7.98. The normalized spacial score (nSPS) is 13.9. The minimum atomic E-state index is 0.0318. The third kappa shape index (κ3) is 4.36. The number of carbonyl (C=O) groups excluding carboxylic acids is 1. The number of thioether (sulfide) groups is 1. The van der Waals surface area contributed by atoms with E-state index in [0.717, 1.165) is 46.6 Å². The maximum Gasteiger partial charge on any atom is 0.224 e. The van der Waals surface area contributed by atoms with Crippen LogP contribution < -0.4 is 10.2 Å². The Labute approximate surface area is 159 Å². The van der Waals surface area contributed by atoms with Crippen LogP contribution in [0.1, 0.15) is 36.2 Å². The van der Waals surface area contributed by atoms with E-state index in [9.17, 15) is 4.79 Å². The van der Waals surface area contributed by atoms with Crippen molar-refractivity contribution < 1.29 is 4.79 Å². The molecule has 0 aliphatic carbocycles. The number of aromatic nitrogens is 2. The summed E-state index contributed by atoms with van der Waals surface area (Å²) in [6.45, 7) is 6.10. The second-order valence-corrected chi connectivity index (χ2v) is 7.39. The number of hydrogen-bond acceptors (Lipinski definition) is 5. The van der Waals surface area contributed by atoms with E-state index < -0.39 is 0 Å². The molecular formula is C20H26N4OS. The fraction of sp³-hybridized carbons (Fsp3) is 0.450. The van der Waals surface area contributed by atoms with Gasteiger partial charge in [0, 0.05) is 30.9 Å². The molecule has 1 aromatic carbocycles. The zero-order valence-corrected chi connectivity index (χ0v) is 16.5. The van der Waals surface area contributed by atoms with Gasteiger partial charge in [-0.1, -0.05) is 23.9 Å². The lowest BCUT2D eigenvalue weighted by atomic mass is 10.1. The van der Waals surface area contributed by atoms with Crippen LogP contribution in [0.15, 0.2) is 29.4 Å². The number of anilines is 2. The first-order chi connectivity index (χ1) is 12.6. The Morgan fingerprint density at radius 3 is 2.46 bits per heavy atom. The molecule has 1 fully saturated rings. The van der Waals surface area contributed by atoms with Crippen LogP contribution in [0.25, 0.3) is 0 Å². The van der Waals surface area contributed by atoms with Crippen LogP contribution in [0.5, 0.6) is 0 Å². The van der Waals surface area contributed by atoms with Gasteiger partial charge in [-0.05, 0) is 57.1 Å². The summed E-state index contributed by atoms with van der Waals surface area (Å²) in [6.07, 6.45) is 5.49. The summed E-state index contributed by atoms with van der Waals surface area (Å²) in [6, 6.07) is 8.07. The van der Waals surface area contributed by atoms with Crippen LogP contribution in [-0.2, 0) is 11.2 Å². The molecule has 1 aromatic heterocycles. The number of nitrogens with zero attached hydrogens (tertiary/aromatic N) is 3. The summed E-state index contributed by atoms with van der Waals surface area (Å²) < 4.78 is 0. The van der Waals surface area contributed by atoms with Gasteiger partial charge in [0.15, 0.2) is 5.16 Å². The monoisotopic (exact) mass is 370 g/mol. The molecule has 26 heavy (non-hydrogen) atoms. The summed E-state index contributed by atoms with van der Waals surface area (Å²) in [5, 5.41) is 3.88. The summed E-state index contributed by atoms with van der Waals surface area (Å²) in [4.78, 5) is 23.9. The predicted molar refractivity (Wildman–Crippen MR) is 108 cm³/mol. The van der Waals surface area contributed by atoms with Crippen molar-refractivity contribution in [1.29, 1.82) is 0 Å². The Bertz CT molecular complexity index is 764. The quantitative estimate of drug-likeness (QED) is 0.615. The minimum Gasteiger partial charge on any atom is -0.370 e. The van der Waals surface area contributed by atoms with Crippen LogP contribution >= 0.6 is 11.8 Å². The lowest BCUT2D eigenvalue weighted by molar-refractivity contribution is -0.116. The van der Waals surface area contributed by atoms with Crippen LogP contribution in [-0.4, -0.2) is 35.2 Å². The minimum absolute atomic E-state index is 0.0318. The van der Waals surface area contributed by atoms with E-state index in [1.165, 1.54) is 24.6 Å². The van der Waals surface area contributed by atoms with Crippen molar-refractivity contribution in [2.45, 2.75) is 44.7 Å². The number of hydrogen-bond donors (Lipinski definition) is 1. The van der Waals surface area contributed by atoms with E-state index in [2.05, 4.69) is 26.3 Å². The number of amides is 1. The number of benzene rings is 1. The lowest BCUT2D eigenvalue weighted by Gasteiger charge is -2.21. The molecule has 2 heterocycles.